The molecule has 1 heterocycles. The van der Waals surface area contributed by atoms with Gasteiger partial charge in [-0.1, -0.05) is 12.8 Å². The maximum Gasteiger partial charge on any atom is 0.228 e. The van der Waals surface area contributed by atoms with Crippen LogP contribution in [0.15, 0.2) is 0 Å². The van der Waals surface area contributed by atoms with E-state index in [4.69, 9.17) is 23.2 Å². The number of hydrogen-bond acceptors (Lipinski definition) is 5. The van der Waals surface area contributed by atoms with Crippen molar-refractivity contribution in [3.05, 3.63) is 10.6 Å². The van der Waals surface area contributed by atoms with Crippen molar-refractivity contribution in [2.75, 3.05) is 11.9 Å². The summed E-state index contributed by atoms with van der Waals surface area (Å²) in [5.41, 5.74) is 0. The fourth-order valence-electron chi connectivity index (χ4n) is 2.17. The molecule has 1 aliphatic rings. The number of rotatable bonds is 3. The Labute approximate surface area is 110 Å². The molecule has 2 atom stereocenters. The van der Waals surface area contributed by atoms with Crippen LogP contribution in [-0.2, 0) is 0 Å². The number of aliphatic hydroxyl groups is 1. The molecule has 7 heteroatoms. The van der Waals surface area contributed by atoms with Gasteiger partial charge in [0.1, 0.15) is 0 Å². The average Bonchev–Trinajstić information content (AvgIpc) is 2.28. The van der Waals surface area contributed by atoms with E-state index in [9.17, 15) is 5.11 Å². The topological polar surface area (TPSA) is 70.9 Å². The predicted octanol–water partition coefficient (Wildman–Crippen LogP) is 2.14. The molecule has 2 N–H and O–H groups in total. The molecule has 0 aromatic carbocycles. The van der Waals surface area contributed by atoms with Gasteiger partial charge in [-0.05, 0) is 36.0 Å². The molecule has 0 saturated heterocycles. The lowest BCUT2D eigenvalue weighted by Crippen LogP contribution is -2.35. The minimum Gasteiger partial charge on any atom is -0.396 e. The Bertz CT molecular complexity index is 370. The van der Waals surface area contributed by atoms with Gasteiger partial charge in [0.15, 0.2) is 0 Å². The lowest BCUT2D eigenvalue weighted by Gasteiger charge is -2.30. The first kappa shape index (κ1) is 12.8. The summed E-state index contributed by atoms with van der Waals surface area (Å²) >= 11 is 11.4. The number of hydrogen-bond donors (Lipinski definition) is 2. The van der Waals surface area contributed by atoms with Gasteiger partial charge in [0.05, 0.1) is 0 Å². The van der Waals surface area contributed by atoms with Gasteiger partial charge in [-0.25, -0.2) is 0 Å². The third kappa shape index (κ3) is 3.40. The van der Waals surface area contributed by atoms with E-state index >= 15 is 0 Å². The molecule has 0 amide bonds. The van der Waals surface area contributed by atoms with E-state index in [1.807, 2.05) is 0 Å². The van der Waals surface area contributed by atoms with Gasteiger partial charge in [0, 0.05) is 18.6 Å². The smallest absolute Gasteiger partial charge is 0.228 e. The number of nitrogens with zero attached hydrogens (tertiary/aromatic N) is 3. The summed E-state index contributed by atoms with van der Waals surface area (Å²) in [6.07, 6.45) is 4.30. The maximum absolute atomic E-state index is 9.30. The first-order valence-corrected chi connectivity index (χ1v) is 6.39. The van der Waals surface area contributed by atoms with Crippen molar-refractivity contribution in [3.8, 4) is 0 Å². The second-order valence-corrected chi connectivity index (χ2v) is 4.85. The summed E-state index contributed by atoms with van der Waals surface area (Å²) in [6.45, 7) is 0.171. The van der Waals surface area contributed by atoms with Gasteiger partial charge in [-0.2, -0.15) is 15.0 Å². The number of halogens is 2. The van der Waals surface area contributed by atoms with Crippen LogP contribution in [0.1, 0.15) is 25.7 Å². The van der Waals surface area contributed by atoms with Crippen molar-refractivity contribution in [2.45, 2.75) is 31.7 Å². The molecule has 1 fully saturated rings. The molecule has 2 rings (SSSR count). The van der Waals surface area contributed by atoms with E-state index in [0.717, 1.165) is 25.7 Å². The highest BCUT2D eigenvalue weighted by molar-refractivity contribution is 6.31. The molecule has 1 saturated carbocycles. The van der Waals surface area contributed by atoms with Crippen LogP contribution in [0.4, 0.5) is 5.95 Å². The van der Waals surface area contributed by atoms with E-state index in [0.29, 0.717) is 5.95 Å². The van der Waals surface area contributed by atoms with E-state index in [-0.39, 0.29) is 29.1 Å². The van der Waals surface area contributed by atoms with Crippen LogP contribution >= 0.6 is 23.2 Å². The zero-order valence-corrected chi connectivity index (χ0v) is 10.7. The molecule has 1 aromatic heterocycles. The molecule has 0 spiro atoms. The molecular formula is C10H14Cl2N4O. The summed E-state index contributed by atoms with van der Waals surface area (Å²) in [5.74, 6) is 0.610. The quantitative estimate of drug-likeness (QED) is 0.885. The number of aliphatic hydroxyl groups excluding tert-OH is 1. The van der Waals surface area contributed by atoms with Crippen LogP contribution < -0.4 is 5.32 Å². The molecule has 2 unspecified atom stereocenters. The van der Waals surface area contributed by atoms with E-state index < -0.39 is 0 Å². The zero-order valence-electron chi connectivity index (χ0n) is 9.24. The van der Waals surface area contributed by atoms with Crippen LogP contribution in [0.2, 0.25) is 10.6 Å². The van der Waals surface area contributed by atoms with Crippen LogP contribution in [0.3, 0.4) is 0 Å². The summed E-state index contributed by atoms with van der Waals surface area (Å²) in [5, 5.41) is 12.6. The highest BCUT2D eigenvalue weighted by Gasteiger charge is 2.25. The lowest BCUT2D eigenvalue weighted by molar-refractivity contribution is 0.178. The van der Waals surface area contributed by atoms with Crippen molar-refractivity contribution in [2.24, 2.45) is 5.92 Å². The lowest BCUT2D eigenvalue weighted by atomic mass is 9.85. The summed E-state index contributed by atoms with van der Waals surface area (Å²) < 4.78 is 0. The van der Waals surface area contributed by atoms with E-state index in [2.05, 4.69) is 20.3 Å². The molecule has 17 heavy (non-hydrogen) atoms. The van der Waals surface area contributed by atoms with E-state index in [1.165, 1.54) is 0 Å². The zero-order chi connectivity index (χ0) is 12.3. The minimum absolute atomic E-state index is 0.0730. The van der Waals surface area contributed by atoms with Crippen molar-refractivity contribution >= 4 is 29.2 Å². The second-order valence-electron chi connectivity index (χ2n) is 4.18. The third-order valence-electron chi connectivity index (χ3n) is 3.04. The molecule has 0 bridgehead atoms. The summed E-state index contributed by atoms with van der Waals surface area (Å²) in [7, 11) is 0. The van der Waals surface area contributed by atoms with Gasteiger partial charge in [0.25, 0.3) is 0 Å². The Kier molecular flexibility index (Phi) is 4.36. The van der Waals surface area contributed by atoms with Gasteiger partial charge in [-0.15, -0.1) is 0 Å². The monoisotopic (exact) mass is 276 g/mol. The Hall–Kier alpha value is -0.650. The SMILES string of the molecule is OCC1CCCCC1Nc1nc(Cl)nc(Cl)n1. The first-order valence-electron chi connectivity index (χ1n) is 5.63. The summed E-state index contributed by atoms with van der Waals surface area (Å²) in [6, 6.07) is 0.170. The van der Waals surface area contributed by atoms with Crippen LogP contribution in [-0.4, -0.2) is 32.7 Å². The normalized spacial score (nSPS) is 24.6. The highest BCUT2D eigenvalue weighted by atomic mass is 35.5. The average molecular weight is 277 g/mol. The Balaban J connectivity index is 2.08. The highest BCUT2D eigenvalue weighted by Crippen LogP contribution is 2.26. The molecule has 1 aromatic rings. The molecule has 94 valence electrons. The Morgan fingerprint density at radius 2 is 1.76 bits per heavy atom. The minimum atomic E-state index is 0.0730. The van der Waals surface area contributed by atoms with E-state index in [1.54, 1.807) is 0 Å². The van der Waals surface area contributed by atoms with Crippen LogP contribution in [0.5, 0.6) is 0 Å². The van der Waals surface area contributed by atoms with Crippen LogP contribution in [0.25, 0.3) is 0 Å². The Morgan fingerprint density at radius 1 is 1.12 bits per heavy atom. The molecule has 5 nitrogen and oxygen atoms in total. The van der Waals surface area contributed by atoms with Crippen molar-refractivity contribution in [1.29, 1.82) is 0 Å². The molecule has 0 radical (unpaired) electrons. The largest absolute Gasteiger partial charge is 0.396 e. The predicted molar refractivity (Wildman–Crippen MR) is 66.3 cm³/mol. The van der Waals surface area contributed by atoms with Crippen LogP contribution in [0, 0.1) is 5.92 Å². The van der Waals surface area contributed by atoms with Gasteiger partial charge < -0.3 is 10.4 Å². The van der Waals surface area contributed by atoms with Crippen molar-refractivity contribution < 1.29 is 5.11 Å². The van der Waals surface area contributed by atoms with Gasteiger partial charge >= 0.3 is 0 Å². The maximum atomic E-state index is 9.30. The van der Waals surface area contributed by atoms with Gasteiger partial charge in [0.2, 0.25) is 16.5 Å². The number of anilines is 1. The molecule has 1 aliphatic carbocycles. The molecular weight excluding hydrogens is 263 g/mol. The Morgan fingerprint density at radius 3 is 2.41 bits per heavy atom. The first-order chi connectivity index (χ1) is 8.19. The fourth-order valence-corrected chi connectivity index (χ4v) is 2.54. The standard InChI is InChI=1S/C10H14Cl2N4O/c11-8-14-9(12)16-10(15-8)13-7-4-2-1-3-6(7)5-17/h6-7,17H,1-5H2,(H,13,14,15,16). The number of nitrogens with one attached hydrogen (secondary N) is 1. The third-order valence-corrected chi connectivity index (χ3v) is 3.38. The second kappa shape index (κ2) is 5.80. The van der Waals surface area contributed by atoms with Crippen molar-refractivity contribution in [3.63, 3.8) is 0 Å². The summed E-state index contributed by atoms with van der Waals surface area (Å²) in [4.78, 5) is 11.6. The fraction of sp³-hybridized carbons (Fsp3) is 0.700. The molecule has 0 aliphatic heterocycles. The number of aromatic nitrogens is 3. The van der Waals surface area contributed by atoms with Crippen molar-refractivity contribution in [1.82, 2.24) is 15.0 Å². The van der Waals surface area contributed by atoms with Gasteiger partial charge in [-0.3, -0.25) is 0 Å².